The lowest BCUT2D eigenvalue weighted by Gasteiger charge is -2.38. The molecule has 2 rings (SSSR count). The van der Waals surface area contributed by atoms with Gasteiger partial charge in [0, 0.05) is 11.6 Å². The van der Waals surface area contributed by atoms with Gasteiger partial charge in [0.2, 0.25) is 5.91 Å². The Morgan fingerprint density at radius 3 is 2.52 bits per heavy atom. The molecule has 1 aromatic rings. The molecule has 6 heteroatoms. The van der Waals surface area contributed by atoms with E-state index in [-0.39, 0.29) is 11.9 Å². The van der Waals surface area contributed by atoms with E-state index in [0.717, 1.165) is 5.56 Å². The molecule has 0 aliphatic carbocycles. The zero-order chi connectivity index (χ0) is 17.2. The van der Waals surface area contributed by atoms with E-state index < -0.39 is 17.7 Å². The van der Waals surface area contributed by atoms with Crippen LogP contribution in [0.3, 0.4) is 0 Å². The van der Waals surface area contributed by atoms with Crippen molar-refractivity contribution < 1.29 is 14.3 Å². The number of carbonyl (C=O) groups is 2. The van der Waals surface area contributed by atoms with Gasteiger partial charge in [0.15, 0.2) is 0 Å². The first-order valence-electron chi connectivity index (χ1n) is 7.70. The highest BCUT2D eigenvalue weighted by Crippen LogP contribution is 2.18. The minimum atomic E-state index is -0.587. The minimum absolute atomic E-state index is 0.146. The normalized spacial score (nSPS) is 21.8. The first kappa shape index (κ1) is 17.6. The number of halogens is 1. The van der Waals surface area contributed by atoms with E-state index in [1.807, 2.05) is 45.0 Å². The molecule has 1 aliphatic heterocycles. The Morgan fingerprint density at radius 1 is 1.35 bits per heavy atom. The second-order valence-electron chi connectivity index (χ2n) is 6.84. The third kappa shape index (κ3) is 4.86. The third-order valence-electron chi connectivity index (χ3n) is 3.63. The van der Waals surface area contributed by atoms with Crippen molar-refractivity contribution in [2.75, 3.05) is 6.54 Å². The maximum absolute atomic E-state index is 12.3. The summed E-state index contributed by atoms with van der Waals surface area (Å²) in [6, 6.07) is 6.79. The highest BCUT2D eigenvalue weighted by atomic mass is 35.5. The Kier molecular flexibility index (Phi) is 5.19. The molecule has 126 valence electrons. The molecule has 1 aromatic carbocycles. The maximum atomic E-state index is 12.3. The molecule has 0 radical (unpaired) electrons. The molecule has 0 saturated carbocycles. The Morgan fingerprint density at radius 2 is 1.96 bits per heavy atom. The van der Waals surface area contributed by atoms with Gasteiger partial charge in [0.25, 0.3) is 0 Å². The second kappa shape index (κ2) is 6.79. The first-order valence-corrected chi connectivity index (χ1v) is 8.08. The van der Waals surface area contributed by atoms with E-state index >= 15 is 0 Å². The molecule has 5 nitrogen and oxygen atoms in total. The van der Waals surface area contributed by atoms with Crippen molar-refractivity contribution in [2.24, 2.45) is 0 Å². The van der Waals surface area contributed by atoms with Crippen molar-refractivity contribution in [1.29, 1.82) is 0 Å². The van der Waals surface area contributed by atoms with Crippen molar-refractivity contribution >= 4 is 23.6 Å². The lowest BCUT2D eigenvalue weighted by Crippen LogP contribution is -2.61. The molecular weight excluding hydrogens is 316 g/mol. The van der Waals surface area contributed by atoms with Crippen molar-refractivity contribution in [1.82, 2.24) is 10.2 Å². The molecule has 0 aromatic heterocycles. The smallest absolute Gasteiger partial charge is 0.411 e. The Bertz CT molecular complexity index is 580. The summed E-state index contributed by atoms with van der Waals surface area (Å²) in [5.41, 5.74) is 0.467. The quantitative estimate of drug-likeness (QED) is 0.901. The van der Waals surface area contributed by atoms with E-state index in [1.54, 1.807) is 6.92 Å². The molecule has 1 fully saturated rings. The van der Waals surface area contributed by atoms with Crippen LogP contribution in [-0.4, -0.2) is 41.1 Å². The molecule has 2 atom stereocenters. The molecule has 23 heavy (non-hydrogen) atoms. The molecular formula is C17H23ClN2O3. The lowest BCUT2D eigenvalue weighted by atomic mass is 10.0. The first-order chi connectivity index (χ1) is 10.7. The fourth-order valence-electron chi connectivity index (χ4n) is 2.48. The Hall–Kier alpha value is -1.75. The Balaban J connectivity index is 2.07. The number of piperazine rings is 1. The van der Waals surface area contributed by atoms with Gasteiger partial charge < -0.3 is 10.1 Å². The SMILES string of the molecule is C[C@H]1C(=O)N[C@@H](Cc2ccc(Cl)cc2)CN1C(=O)OC(C)(C)C. The predicted octanol–water partition coefficient (Wildman–Crippen LogP) is 3.01. The molecule has 0 spiro atoms. The number of nitrogens with zero attached hydrogens (tertiary/aromatic N) is 1. The van der Waals surface area contributed by atoms with Gasteiger partial charge in [-0.2, -0.15) is 0 Å². The maximum Gasteiger partial charge on any atom is 0.411 e. The monoisotopic (exact) mass is 338 g/mol. The van der Waals surface area contributed by atoms with Crippen LogP contribution in [0.1, 0.15) is 33.3 Å². The van der Waals surface area contributed by atoms with Gasteiger partial charge in [-0.05, 0) is 51.8 Å². The summed E-state index contributed by atoms with van der Waals surface area (Å²) in [6.07, 6.45) is 0.176. The van der Waals surface area contributed by atoms with Crippen LogP contribution >= 0.6 is 11.6 Å². The fourth-order valence-corrected chi connectivity index (χ4v) is 2.60. The van der Waals surface area contributed by atoms with E-state index in [1.165, 1.54) is 4.90 Å². The molecule has 0 unspecified atom stereocenters. The number of nitrogens with one attached hydrogen (secondary N) is 1. The fraction of sp³-hybridized carbons (Fsp3) is 0.529. The molecule has 2 amide bonds. The highest BCUT2D eigenvalue weighted by molar-refractivity contribution is 6.30. The van der Waals surface area contributed by atoms with Gasteiger partial charge in [0.1, 0.15) is 11.6 Å². The number of hydrogen-bond acceptors (Lipinski definition) is 3. The molecule has 1 heterocycles. The molecule has 1 saturated heterocycles. The summed E-state index contributed by atoms with van der Waals surface area (Å²) in [5.74, 6) is -0.166. The number of ether oxygens (including phenoxy) is 1. The summed E-state index contributed by atoms with van der Waals surface area (Å²) >= 11 is 5.88. The minimum Gasteiger partial charge on any atom is -0.444 e. The van der Waals surface area contributed by atoms with Gasteiger partial charge in [-0.15, -0.1) is 0 Å². The topological polar surface area (TPSA) is 58.6 Å². The van der Waals surface area contributed by atoms with E-state index in [4.69, 9.17) is 16.3 Å². The van der Waals surface area contributed by atoms with Crippen LogP contribution in [0.4, 0.5) is 4.79 Å². The zero-order valence-corrected chi connectivity index (χ0v) is 14.7. The van der Waals surface area contributed by atoms with Crippen LogP contribution in [-0.2, 0) is 16.0 Å². The van der Waals surface area contributed by atoms with Gasteiger partial charge in [-0.25, -0.2) is 4.79 Å². The highest BCUT2D eigenvalue weighted by Gasteiger charge is 2.36. The summed E-state index contributed by atoms with van der Waals surface area (Å²) < 4.78 is 5.40. The van der Waals surface area contributed by atoms with Crippen LogP contribution < -0.4 is 5.32 Å². The van der Waals surface area contributed by atoms with Gasteiger partial charge in [0.05, 0.1) is 6.04 Å². The molecule has 1 N–H and O–H groups in total. The summed E-state index contributed by atoms with van der Waals surface area (Å²) in [4.78, 5) is 26.0. The van der Waals surface area contributed by atoms with Crippen LogP contribution in [0.2, 0.25) is 5.02 Å². The number of rotatable bonds is 2. The van der Waals surface area contributed by atoms with Gasteiger partial charge in [-0.3, -0.25) is 9.69 Å². The molecule has 0 bridgehead atoms. The van der Waals surface area contributed by atoms with Gasteiger partial charge in [-0.1, -0.05) is 23.7 Å². The van der Waals surface area contributed by atoms with Crippen LogP contribution in [0, 0.1) is 0 Å². The number of hydrogen-bond donors (Lipinski definition) is 1. The molecule has 1 aliphatic rings. The van der Waals surface area contributed by atoms with Crippen LogP contribution in [0.15, 0.2) is 24.3 Å². The number of carbonyl (C=O) groups excluding carboxylic acids is 2. The zero-order valence-electron chi connectivity index (χ0n) is 13.9. The van der Waals surface area contributed by atoms with Gasteiger partial charge >= 0.3 is 6.09 Å². The average molecular weight is 339 g/mol. The van der Waals surface area contributed by atoms with Crippen molar-refractivity contribution in [3.8, 4) is 0 Å². The van der Waals surface area contributed by atoms with E-state index in [9.17, 15) is 9.59 Å². The van der Waals surface area contributed by atoms with Crippen molar-refractivity contribution in [2.45, 2.75) is 51.8 Å². The lowest BCUT2D eigenvalue weighted by molar-refractivity contribution is -0.129. The number of amides is 2. The van der Waals surface area contributed by atoms with E-state index in [0.29, 0.717) is 18.0 Å². The van der Waals surface area contributed by atoms with Crippen LogP contribution in [0.5, 0.6) is 0 Å². The van der Waals surface area contributed by atoms with Crippen molar-refractivity contribution in [3.63, 3.8) is 0 Å². The third-order valence-corrected chi connectivity index (χ3v) is 3.89. The largest absolute Gasteiger partial charge is 0.444 e. The summed E-state index contributed by atoms with van der Waals surface area (Å²) in [7, 11) is 0. The summed E-state index contributed by atoms with van der Waals surface area (Å²) in [5, 5.41) is 3.63. The number of benzene rings is 1. The second-order valence-corrected chi connectivity index (χ2v) is 7.28. The summed E-state index contributed by atoms with van der Waals surface area (Å²) in [6.45, 7) is 7.56. The Labute approximate surface area is 141 Å². The standard InChI is InChI=1S/C17H23ClN2O3/c1-11-15(21)19-14(9-12-5-7-13(18)8-6-12)10-20(11)16(22)23-17(2,3)4/h5-8,11,14H,9-10H2,1-4H3,(H,19,21)/t11-,14-/m0/s1. The predicted molar refractivity (Wildman–Crippen MR) is 89.5 cm³/mol. The average Bonchev–Trinajstić information content (AvgIpc) is 2.43. The van der Waals surface area contributed by atoms with Crippen LogP contribution in [0.25, 0.3) is 0 Å². The van der Waals surface area contributed by atoms with E-state index in [2.05, 4.69) is 5.32 Å². The van der Waals surface area contributed by atoms with Crippen molar-refractivity contribution in [3.05, 3.63) is 34.9 Å².